The van der Waals surface area contributed by atoms with E-state index in [0.717, 1.165) is 56.3 Å². The van der Waals surface area contributed by atoms with Crippen LogP contribution in [-0.2, 0) is 0 Å². The molecule has 160 valence electrons. The lowest BCUT2D eigenvalue weighted by Crippen LogP contribution is -2.45. The summed E-state index contributed by atoms with van der Waals surface area (Å²) in [5, 5.41) is 11.6. The van der Waals surface area contributed by atoms with Crippen LogP contribution in [0.25, 0.3) is 22.2 Å². The minimum absolute atomic E-state index is 0.144. The molecule has 0 saturated carbocycles. The van der Waals surface area contributed by atoms with Crippen molar-refractivity contribution < 1.29 is 0 Å². The molecule has 3 atom stereocenters. The van der Waals surface area contributed by atoms with Gasteiger partial charge >= 0.3 is 0 Å². The van der Waals surface area contributed by atoms with Crippen molar-refractivity contribution in [2.75, 3.05) is 36.4 Å². The molecule has 3 saturated heterocycles. The van der Waals surface area contributed by atoms with Crippen molar-refractivity contribution in [1.82, 2.24) is 25.6 Å². The first-order valence-electron chi connectivity index (χ1n) is 11.2. The van der Waals surface area contributed by atoms with Crippen LogP contribution in [0.5, 0.6) is 0 Å². The fourth-order valence-electron chi connectivity index (χ4n) is 5.13. The van der Waals surface area contributed by atoms with Crippen LogP contribution < -0.4 is 26.4 Å². The Morgan fingerprint density at radius 3 is 2.84 bits per heavy atom. The normalized spacial score (nSPS) is 25.3. The van der Waals surface area contributed by atoms with Gasteiger partial charge in [-0.25, -0.2) is 4.98 Å². The summed E-state index contributed by atoms with van der Waals surface area (Å²) < 4.78 is 0. The van der Waals surface area contributed by atoms with Crippen LogP contribution in [0.3, 0.4) is 0 Å². The Morgan fingerprint density at radius 2 is 2.03 bits per heavy atom. The molecule has 0 radical (unpaired) electrons. The second-order valence-corrected chi connectivity index (χ2v) is 8.84. The monoisotopic (exact) mass is 417 g/mol. The lowest BCUT2D eigenvalue weighted by atomic mass is 10.1. The van der Waals surface area contributed by atoms with E-state index in [-0.39, 0.29) is 11.6 Å². The zero-order valence-electron chi connectivity index (χ0n) is 17.4. The van der Waals surface area contributed by atoms with E-state index in [1.54, 1.807) is 0 Å². The fourth-order valence-corrected chi connectivity index (χ4v) is 5.13. The molecule has 0 spiro atoms. The van der Waals surface area contributed by atoms with Crippen molar-refractivity contribution in [3.63, 3.8) is 0 Å². The average molecular weight is 418 g/mol. The Kier molecular flexibility index (Phi) is 4.61. The minimum atomic E-state index is -0.144. The van der Waals surface area contributed by atoms with E-state index >= 15 is 0 Å². The Balaban J connectivity index is 1.44. The Hall–Kier alpha value is -2.97. The first kappa shape index (κ1) is 18.8. The summed E-state index contributed by atoms with van der Waals surface area (Å²) in [6, 6.07) is 13.0. The molecule has 8 heteroatoms. The van der Waals surface area contributed by atoms with Gasteiger partial charge in [-0.3, -0.25) is 9.78 Å². The van der Waals surface area contributed by atoms with E-state index in [9.17, 15) is 4.79 Å². The third-order valence-corrected chi connectivity index (χ3v) is 6.73. The Labute approximate surface area is 180 Å². The van der Waals surface area contributed by atoms with Gasteiger partial charge in [0.1, 0.15) is 11.4 Å². The number of hydrogen-bond acceptors (Lipinski definition) is 7. The van der Waals surface area contributed by atoms with Crippen LogP contribution in [0.2, 0.25) is 0 Å². The zero-order chi connectivity index (χ0) is 20.8. The second-order valence-electron chi connectivity index (χ2n) is 8.84. The highest BCUT2D eigenvalue weighted by molar-refractivity contribution is 5.83. The van der Waals surface area contributed by atoms with Gasteiger partial charge in [0, 0.05) is 43.1 Å². The standard InChI is InChI=1S/C23H27N7O/c31-22-20(19-8-7-14-4-1-2-6-18(14)27-19)21(26-15-5-3-9-24-11-15)28-23(29-22)30-13-16-10-17(30)12-25-16/h1-2,4,6-8,15-17,24-25H,3,5,9-13H2,(H2,26,28,29,31). The summed E-state index contributed by atoms with van der Waals surface area (Å²) in [5.74, 6) is 1.29. The molecule has 5 heterocycles. The predicted molar refractivity (Wildman–Crippen MR) is 123 cm³/mol. The topological polar surface area (TPSA) is 98.0 Å². The van der Waals surface area contributed by atoms with E-state index in [4.69, 9.17) is 9.97 Å². The van der Waals surface area contributed by atoms with E-state index in [1.165, 1.54) is 0 Å². The molecule has 31 heavy (non-hydrogen) atoms. The van der Waals surface area contributed by atoms with Crippen molar-refractivity contribution in [2.45, 2.75) is 37.4 Å². The van der Waals surface area contributed by atoms with Gasteiger partial charge in [0.15, 0.2) is 0 Å². The molecule has 3 aliphatic rings. The number of benzene rings is 1. The van der Waals surface area contributed by atoms with Gasteiger partial charge in [0.2, 0.25) is 5.95 Å². The molecule has 6 rings (SSSR count). The number of nitrogens with zero attached hydrogens (tertiary/aromatic N) is 3. The van der Waals surface area contributed by atoms with Crippen LogP contribution in [-0.4, -0.2) is 59.3 Å². The minimum Gasteiger partial charge on any atom is -0.365 e. The number of pyridine rings is 1. The van der Waals surface area contributed by atoms with Gasteiger partial charge in [-0.1, -0.05) is 24.3 Å². The highest BCUT2D eigenvalue weighted by Crippen LogP contribution is 2.30. The maximum Gasteiger partial charge on any atom is 0.263 e. The number of para-hydroxylation sites is 1. The van der Waals surface area contributed by atoms with Gasteiger partial charge in [0.25, 0.3) is 5.56 Å². The summed E-state index contributed by atoms with van der Waals surface area (Å²) in [6.07, 6.45) is 3.27. The molecule has 3 aromatic rings. The third kappa shape index (κ3) is 3.45. The number of aromatic amines is 1. The summed E-state index contributed by atoms with van der Waals surface area (Å²) >= 11 is 0. The van der Waals surface area contributed by atoms with Crippen LogP contribution in [0.1, 0.15) is 19.3 Å². The molecule has 2 aromatic heterocycles. The van der Waals surface area contributed by atoms with Crippen LogP contribution in [0, 0.1) is 0 Å². The Morgan fingerprint density at radius 1 is 1.10 bits per heavy atom. The number of aromatic nitrogens is 3. The zero-order valence-corrected chi connectivity index (χ0v) is 17.4. The number of nitrogens with one attached hydrogen (secondary N) is 4. The molecule has 0 aliphatic carbocycles. The third-order valence-electron chi connectivity index (χ3n) is 6.73. The van der Waals surface area contributed by atoms with Gasteiger partial charge in [0.05, 0.1) is 11.2 Å². The highest BCUT2D eigenvalue weighted by Gasteiger charge is 2.39. The molecular weight excluding hydrogens is 390 g/mol. The second kappa shape index (κ2) is 7.62. The summed E-state index contributed by atoms with van der Waals surface area (Å²) in [4.78, 5) is 28.4. The molecule has 3 unspecified atom stereocenters. The lowest BCUT2D eigenvalue weighted by Gasteiger charge is -2.29. The van der Waals surface area contributed by atoms with E-state index in [2.05, 4.69) is 25.8 Å². The van der Waals surface area contributed by atoms with Crippen molar-refractivity contribution in [2.24, 2.45) is 0 Å². The molecule has 3 aliphatic heterocycles. The van der Waals surface area contributed by atoms with Crippen molar-refractivity contribution >= 4 is 22.7 Å². The number of piperazine rings is 1. The molecule has 8 nitrogen and oxygen atoms in total. The van der Waals surface area contributed by atoms with Crippen LogP contribution in [0.15, 0.2) is 41.2 Å². The molecule has 0 amide bonds. The number of piperidine rings is 1. The molecule has 4 N–H and O–H groups in total. The summed E-state index contributed by atoms with van der Waals surface area (Å²) in [7, 11) is 0. The van der Waals surface area contributed by atoms with Gasteiger partial charge in [-0.2, -0.15) is 4.98 Å². The molecular formula is C23H27N7O. The quantitative estimate of drug-likeness (QED) is 0.513. The molecule has 3 fully saturated rings. The van der Waals surface area contributed by atoms with E-state index < -0.39 is 0 Å². The number of fused-ring (bicyclic) bond motifs is 3. The summed E-state index contributed by atoms with van der Waals surface area (Å²) in [6.45, 7) is 3.73. The average Bonchev–Trinajstić information content (AvgIpc) is 3.43. The first-order chi connectivity index (χ1) is 15.2. The summed E-state index contributed by atoms with van der Waals surface area (Å²) in [5.41, 5.74) is 1.89. The van der Waals surface area contributed by atoms with E-state index in [0.29, 0.717) is 35.1 Å². The fraction of sp³-hybridized carbons (Fsp3) is 0.435. The van der Waals surface area contributed by atoms with Crippen LogP contribution in [0.4, 0.5) is 11.8 Å². The molecule has 1 aromatic carbocycles. The SMILES string of the molecule is O=c1[nH]c(N2CC3CC2CN3)nc(NC2CCCNC2)c1-c1ccc2ccccc2n1. The van der Waals surface area contributed by atoms with Crippen LogP contribution >= 0.6 is 0 Å². The number of anilines is 2. The maximum atomic E-state index is 13.4. The van der Waals surface area contributed by atoms with Gasteiger partial charge in [-0.05, 0) is 37.9 Å². The van der Waals surface area contributed by atoms with Crippen molar-refractivity contribution in [3.05, 3.63) is 46.8 Å². The first-order valence-corrected chi connectivity index (χ1v) is 11.2. The number of rotatable bonds is 4. The number of hydrogen-bond donors (Lipinski definition) is 4. The van der Waals surface area contributed by atoms with Gasteiger partial charge < -0.3 is 20.9 Å². The lowest BCUT2D eigenvalue weighted by molar-refractivity contribution is 0.479. The smallest absolute Gasteiger partial charge is 0.263 e. The van der Waals surface area contributed by atoms with E-state index in [1.807, 2.05) is 36.4 Å². The predicted octanol–water partition coefficient (Wildman–Crippen LogP) is 1.70. The molecule has 2 bridgehead atoms. The van der Waals surface area contributed by atoms with Gasteiger partial charge in [-0.15, -0.1) is 0 Å². The number of H-pyrrole nitrogens is 1. The van der Waals surface area contributed by atoms with Crippen molar-refractivity contribution in [1.29, 1.82) is 0 Å². The van der Waals surface area contributed by atoms with Crippen molar-refractivity contribution in [3.8, 4) is 11.3 Å². The highest BCUT2D eigenvalue weighted by atomic mass is 16.1. The maximum absolute atomic E-state index is 13.4. The Bertz CT molecular complexity index is 1170. The largest absolute Gasteiger partial charge is 0.365 e.